The Labute approximate surface area is 120 Å². The maximum Gasteiger partial charge on any atom is 0.128 e. The zero-order valence-corrected chi connectivity index (χ0v) is 12.2. The molecule has 0 spiro atoms. The molecule has 0 unspecified atom stereocenters. The first-order chi connectivity index (χ1) is 9.24. The first-order valence-corrected chi connectivity index (χ1v) is 6.98. The smallest absolute Gasteiger partial charge is 0.128 e. The van der Waals surface area contributed by atoms with Gasteiger partial charge in [0.2, 0.25) is 0 Å². The van der Waals surface area contributed by atoms with Crippen LogP contribution in [-0.2, 0) is 6.61 Å². The quantitative estimate of drug-likeness (QED) is 0.736. The van der Waals surface area contributed by atoms with Crippen LogP contribution in [0.3, 0.4) is 0 Å². The summed E-state index contributed by atoms with van der Waals surface area (Å²) < 4.78 is 6.92. The molecule has 1 N–H and O–H groups in total. The average Bonchev–Trinajstić information content (AvgIpc) is 2.82. The van der Waals surface area contributed by atoms with Gasteiger partial charge in [-0.1, -0.05) is 30.3 Å². The van der Waals surface area contributed by atoms with Gasteiger partial charge in [-0.15, -0.1) is 0 Å². The molecular formula is C16H14BrNO. The molecule has 0 fully saturated rings. The highest BCUT2D eigenvalue weighted by molar-refractivity contribution is 9.10. The molecule has 2 nitrogen and oxygen atoms in total. The lowest BCUT2D eigenvalue weighted by molar-refractivity contribution is 0.300. The third-order valence-electron chi connectivity index (χ3n) is 3.14. The Kier molecular flexibility index (Phi) is 3.30. The van der Waals surface area contributed by atoms with Crippen molar-refractivity contribution in [2.24, 2.45) is 0 Å². The topological polar surface area (TPSA) is 25.0 Å². The van der Waals surface area contributed by atoms with E-state index < -0.39 is 0 Å². The van der Waals surface area contributed by atoms with Gasteiger partial charge < -0.3 is 9.72 Å². The van der Waals surface area contributed by atoms with Crippen LogP contribution >= 0.6 is 15.9 Å². The van der Waals surface area contributed by atoms with Gasteiger partial charge in [-0.25, -0.2) is 0 Å². The van der Waals surface area contributed by atoms with Crippen LogP contribution in [0.4, 0.5) is 0 Å². The molecule has 96 valence electrons. The minimum atomic E-state index is 0.548. The van der Waals surface area contributed by atoms with Gasteiger partial charge >= 0.3 is 0 Å². The van der Waals surface area contributed by atoms with E-state index in [1.165, 1.54) is 5.39 Å². The van der Waals surface area contributed by atoms with E-state index in [2.05, 4.69) is 46.0 Å². The maximum atomic E-state index is 5.85. The van der Waals surface area contributed by atoms with E-state index in [0.717, 1.165) is 27.0 Å². The molecular weight excluding hydrogens is 302 g/mol. The summed E-state index contributed by atoms with van der Waals surface area (Å²) in [5.41, 5.74) is 3.34. The van der Waals surface area contributed by atoms with Gasteiger partial charge in [0.25, 0.3) is 0 Å². The minimum Gasteiger partial charge on any atom is -0.487 e. The SMILES string of the molecule is Cc1ccccc1OCc1cc2cccc(Br)c2[nH]1. The largest absolute Gasteiger partial charge is 0.487 e. The van der Waals surface area contributed by atoms with Gasteiger partial charge in [-0.3, -0.25) is 0 Å². The number of benzene rings is 2. The third kappa shape index (κ3) is 2.51. The molecule has 0 aliphatic rings. The number of hydrogen-bond acceptors (Lipinski definition) is 1. The Bertz CT molecular complexity index is 718. The molecule has 2 aromatic carbocycles. The highest BCUT2D eigenvalue weighted by atomic mass is 79.9. The second-order valence-electron chi connectivity index (χ2n) is 4.55. The van der Waals surface area contributed by atoms with E-state index in [-0.39, 0.29) is 0 Å². The number of fused-ring (bicyclic) bond motifs is 1. The Morgan fingerprint density at radius 2 is 1.95 bits per heavy atom. The molecule has 0 atom stereocenters. The first-order valence-electron chi connectivity index (χ1n) is 6.18. The van der Waals surface area contributed by atoms with Crippen LogP contribution in [-0.4, -0.2) is 4.98 Å². The highest BCUT2D eigenvalue weighted by Crippen LogP contribution is 2.25. The fourth-order valence-corrected chi connectivity index (χ4v) is 2.61. The molecule has 0 saturated heterocycles. The van der Waals surface area contributed by atoms with Crippen LogP contribution in [0.2, 0.25) is 0 Å². The monoisotopic (exact) mass is 315 g/mol. The Hall–Kier alpha value is -1.74. The van der Waals surface area contributed by atoms with Crippen LogP contribution in [0, 0.1) is 6.92 Å². The van der Waals surface area contributed by atoms with Crippen molar-refractivity contribution in [1.29, 1.82) is 0 Å². The first kappa shape index (κ1) is 12.3. The highest BCUT2D eigenvalue weighted by Gasteiger charge is 2.05. The summed E-state index contributed by atoms with van der Waals surface area (Å²) in [4.78, 5) is 3.38. The third-order valence-corrected chi connectivity index (χ3v) is 3.80. The summed E-state index contributed by atoms with van der Waals surface area (Å²) in [7, 11) is 0. The Morgan fingerprint density at radius 1 is 1.11 bits per heavy atom. The summed E-state index contributed by atoms with van der Waals surface area (Å²) in [5.74, 6) is 0.931. The van der Waals surface area contributed by atoms with Crippen molar-refractivity contribution >= 4 is 26.8 Å². The van der Waals surface area contributed by atoms with Crippen LogP contribution < -0.4 is 4.74 Å². The number of aryl methyl sites for hydroxylation is 1. The average molecular weight is 316 g/mol. The predicted molar refractivity (Wildman–Crippen MR) is 81.5 cm³/mol. The van der Waals surface area contributed by atoms with Gasteiger partial charge in [-0.05, 0) is 46.6 Å². The summed E-state index contributed by atoms with van der Waals surface area (Å²) in [6.07, 6.45) is 0. The molecule has 0 amide bonds. The number of ether oxygens (including phenoxy) is 1. The molecule has 0 radical (unpaired) electrons. The second-order valence-corrected chi connectivity index (χ2v) is 5.41. The number of hydrogen-bond donors (Lipinski definition) is 1. The van der Waals surface area contributed by atoms with Gasteiger partial charge in [0, 0.05) is 9.86 Å². The molecule has 3 heteroatoms. The van der Waals surface area contributed by atoms with Gasteiger partial charge in [0.05, 0.1) is 11.2 Å². The van der Waals surface area contributed by atoms with E-state index in [0.29, 0.717) is 6.61 Å². The van der Waals surface area contributed by atoms with Crippen molar-refractivity contribution < 1.29 is 4.74 Å². The minimum absolute atomic E-state index is 0.548. The lowest BCUT2D eigenvalue weighted by atomic mass is 10.2. The molecule has 0 aliphatic heterocycles. The number of nitrogens with one attached hydrogen (secondary N) is 1. The van der Waals surface area contributed by atoms with Crippen molar-refractivity contribution in [3.63, 3.8) is 0 Å². The van der Waals surface area contributed by atoms with Crippen molar-refractivity contribution in [2.45, 2.75) is 13.5 Å². The van der Waals surface area contributed by atoms with Crippen LogP contribution in [0.15, 0.2) is 53.0 Å². The van der Waals surface area contributed by atoms with Crippen LogP contribution in [0.5, 0.6) is 5.75 Å². The van der Waals surface area contributed by atoms with Crippen LogP contribution in [0.1, 0.15) is 11.3 Å². The van der Waals surface area contributed by atoms with Crippen molar-refractivity contribution in [3.05, 3.63) is 64.3 Å². The number of halogens is 1. The van der Waals surface area contributed by atoms with Gasteiger partial charge in [0.1, 0.15) is 12.4 Å². The lowest BCUT2D eigenvalue weighted by Crippen LogP contribution is -1.96. The second kappa shape index (κ2) is 5.10. The number of rotatable bonds is 3. The summed E-state index contributed by atoms with van der Waals surface area (Å²) >= 11 is 3.55. The van der Waals surface area contributed by atoms with E-state index >= 15 is 0 Å². The summed E-state index contributed by atoms with van der Waals surface area (Å²) in [5, 5.41) is 1.19. The van der Waals surface area contributed by atoms with E-state index in [9.17, 15) is 0 Å². The van der Waals surface area contributed by atoms with Crippen molar-refractivity contribution in [2.75, 3.05) is 0 Å². The maximum absolute atomic E-state index is 5.85. The standard InChI is InChI=1S/C16H14BrNO/c1-11-5-2-3-8-15(11)19-10-13-9-12-6-4-7-14(17)16(12)18-13/h2-9,18H,10H2,1H3. The number of aromatic amines is 1. The lowest BCUT2D eigenvalue weighted by Gasteiger charge is -2.07. The number of H-pyrrole nitrogens is 1. The molecule has 1 aromatic heterocycles. The van der Waals surface area contributed by atoms with Gasteiger partial charge in [-0.2, -0.15) is 0 Å². The van der Waals surface area contributed by atoms with Crippen molar-refractivity contribution in [3.8, 4) is 5.75 Å². The van der Waals surface area contributed by atoms with E-state index in [1.807, 2.05) is 30.3 Å². The fourth-order valence-electron chi connectivity index (χ4n) is 2.13. The zero-order chi connectivity index (χ0) is 13.2. The van der Waals surface area contributed by atoms with E-state index in [1.54, 1.807) is 0 Å². The zero-order valence-electron chi connectivity index (χ0n) is 10.6. The number of aromatic nitrogens is 1. The summed E-state index contributed by atoms with van der Waals surface area (Å²) in [6.45, 7) is 2.60. The summed E-state index contributed by atoms with van der Waals surface area (Å²) in [6, 6.07) is 16.3. The molecule has 3 rings (SSSR count). The molecule has 1 heterocycles. The molecule has 0 bridgehead atoms. The fraction of sp³-hybridized carbons (Fsp3) is 0.125. The predicted octanol–water partition coefficient (Wildman–Crippen LogP) is 4.82. The Balaban J connectivity index is 1.83. The molecule has 3 aromatic rings. The molecule has 0 saturated carbocycles. The molecule has 0 aliphatic carbocycles. The molecule has 19 heavy (non-hydrogen) atoms. The van der Waals surface area contributed by atoms with Crippen molar-refractivity contribution in [1.82, 2.24) is 4.98 Å². The number of para-hydroxylation sites is 2. The Morgan fingerprint density at radius 3 is 2.74 bits per heavy atom. The van der Waals surface area contributed by atoms with Crippen LogP contribution in [0.25, 0.3) is 10.9 Å². The van der Waals surface area contributed by atoms with Gasteiger partial charge in [0.15, 0.2) is 0 Å². The normalized spacial score (nSPS) is 10.8. The van der Waals surface area contributed by atoms with E-state index in [4.69, 9.17) is 4.74 Å².